The maximum Gasteiger partial charge on any atom is 0.276 e. The molecule has 0 aromatic carbocycles. The van der Waals surface area contributed by atoms with E-state index in [2.05, 4.69) is 13.8 Å². The Morgan fingerprint density at radius 1 is 1.39 bits per heavy atom. The lowest BCUT2D eigenvalue weighted by atomic mass is 9.96. The SMILES string of the molecule is CC(C)CN(C)C(=O)C1CCN(S(N)(=O)=O)CC1. The minimum absolute atomic E-state index is 0.0771. The van der Waals surface area contributed by atoms with Crippen LogP contribution in [0.15, 0.2) is 0 Å². The molecule has 18 heavy (non-hydrogen) atoms. The van der Waals surface area contributed by atoms with Crippen molar-refractivity contribution in [2.75, 3.05) is 26.7 Å². The molecule has 7 heteroatoms. The smallest absolute Gasteiger partial charge is 0.276 e. The first kappa shape index (κ1) is 15.4. The number of rotatable bonds is 4. The van der Waals surface area contributed by atoms with E-state index in [1.165, 1.54) is 4.31 Å². The maximum atomic E-state index is 12.1. The van der Waals surface area contributed by atoms with E-state index < -0.39 is 10.2 Å². The Morgan fingerprint density at radius 3 is 2.28 bits per heavy atom. The Hall–Kier alpha value is -0.660. The number of nitrogens with zero attached hydrogens (tertiary/aromatic N) is 2. The van der Waals surface area contributed by atoms with Crippen LogP contribution >= 0.6 is 0 Å². The second kappa shape index (κ2) is 5.99. The summed E-state index contributed by atoms with van der Waals surface area (Å²) < 4.78 is 23.5. The van der Waals surface area contributed by atoms with E-state index in [4.69, 9.17) is 5.14 Å². The molecule has 0 radical (unpaired) electrons. The molecule has 0 aromatic heterocycles. The van der Waals surface area contributed by atoms with Crippen LogP contribution in [0.1, 0.15) is 26.7 Å². The predicted octanol–water partition coefficient (Wildman–Crippen LogP) is 0.0163. The number of carbonyl (C=O) groups is 1. The van der Waals surface area contributed by atoms with Gasteiger partial charge < -0.3 is 4.90 Å². The van der Waals surface area contributed by atoms with Gasteiger partial charge in [-0.15, -0.1) is 0 Å². The molecule has 1 amide bonds. The maximum absolute atomic E-state index is 12.1. The molecule has 0 aliphatic carbocycles. The molecule has 0 aromatic rings. The van der Waals surface area contributed by atoms with Gasteiger partial charge in [-0.25, -0.2) is 5.14 Å². The highest BCUT2D eigenvalue weighted by atomic mass is 32.2. The molecule has 1 saturated heterocycles. The van der Waals surface area contributed by atoms with Crippen molar-refractivity contribution in [1.82, 2.24) is 9.21 Å². The summed E-state index contributed by atoms with van der Waals surface area (Å²) in [6.45, 7) is 5.53. The van der Waals surface area contributed by atoms with E-state index >= 15 is 0 Å². The topological polar surface area (TPSA) is 83.7 Å². The zero-order valence-electron chi connectivity index (χ0n) is 11.3. The number of nitrogens with two attached hydrogens (primary N) is 1. The van der Waals surface area contributed by atoms with Gasteiger partial charge in [0.05, 0.1) is 0 Å². The van der Waals surface area contributed by atoms with Crippen LogP contribution in [0.2, 0.25) is 0 Å². The van der Waals surface area contributed by atoms with Crippen LogP contribution in [0.3, 0.4) is 0 Å². The fraction of sp³-hybridized carbons (Fsp3) is 0.909. The molecular weight excluding hydrogens is 254 g/mol. The first-order valence-electron chi connectivity index (χ1n) is 6.24. The van der Waals surface area contributed by atoms with Gasteiger partial charge >= 0.3 is 0 Å². The van der Waals surface area contributed by atoms with E-state index in [0.717, 1.165) is 6.54 Å². The van der Waals surface area contributed by atoms with Gasteiger partial charge in [-0.1, -0.05) is 13.8 Å². The second-order valence-electron chi connectivity index (χ2n) is 5.33. The normalized spacial score (nSPS) is 19.2. The van der Waals surface area contributed by atoms with E-state index in [1.807, 2.05) is 0 Å². The van der Waals surface area contributed by atoms with Gasteiger partial charge in [-0.05, 0) is 18.8 Å². The van der Waals surface area contributed by atoms with Crippen LogP contribution in [0.5, 0.6) is 0 Å². The molecule has 1 heterocycles. The zero-order valence-corrected chi connectivity index (χ0v) is 12.1. The molecule has 0 spiro atoms. The number of hydrogen-bond acceptors (Lipinski definition) is 3. The van der Waals surface area contributed by atoms with Gasteiger partial charge in [0.25, 0.3) is 10.2 Å². The molecule has 0 saturated carbocycles. The number of piperidine rings is 1. The van der Waals surface area contributed by atoms with E-state index in [9.17, 15) is 13.2 Å². The monoisotopic (exact) mass is 277 g/mol. The molecule has 0 bridgehead atoms. The third-order valence-corrected chi connectivity index (χ3v) is 4.26. The predicted molar refractivity (Wildman–Crippen MR) is 69.9 cm³/mol. The number of amides is 1. The largest absolute Gasteiger partial charge is 0.345 e. The van der Waals surface area contributed by atoms with Crippen molar-refractivity contribution in [3.63, 3.8) is 0 Å². The van der Waals surface area contributed by atoms with Gasteiger partial charge in [0, 0.05) is 32.6 Å². The van der Waals surface area contributed by atoms with Gasteiger partial charge in [-0.3, -0.25) is 4.79 Å². The standard InChI is InChI=1S/C11H23N3O3S/c1-9(2)8-13(3)11(15)10-4-6-14(7-5-10)18(12,16)17/h9-10H,4-8H2,1-3H3,(H2,12,16,17). The van der Waals surface area contributed by atoms with E-state index in [0.29, 0.717) is 31.8 Å². The Kier molecular flexibility index (Phi) is 5.12. The molecule has 1 aliphatic heterocycles. The summed E-state index contributed by atoms with van der Waals surface area (Å²) in [7, 11) is -1.81. The highest BCUT2D eigenvalue weighted by Gasteiger charge is 2.30. The highest BCUT2D eigenvalue weighted by Crippen LogP contribution is 2.20. The molecule has 1 rings (SSSR count). The van der Waals surface area contributed by atoms with Crippen LogP contribution in [-0.4, -0.2) is 50.2 Å². The van der Waals surface area contributed by atoms with Crippen LogP contribution in [0, 0.1) is 11.8 Å². The van der Waals surface area contributed by atoms with Crippen LogP contribution < -0.4 is 5.14 Å². The third-order valence-electron chi connectivity index (χ3n) is 3.18. The van der Waals surface area contributed by atoms with Gasteiger partial charge in [0.2, 0.25) is 5.91 Å². The Balaban J connectivity index is 2.50. The first-order valence-corrected chi connectivity index (χ1v) is 7.75. The quantitative estimate of drug-likeness (QED) is 0.786. The van der Waals surface area contributed by atoms with Crippen molar-refractivity contribution in [2.24, 2.45) is 17.0 Å². The van der Waals surface area contributed by atoms with E-state index in [1.54, 1.807) is 11.9 Å². The van der Waals surface area contributed by atoms with Crippen molar-refractivity contribution in [3.05, 3.63) is 0 Å². The Morgan fingerprint density at radius 2 is 1.89 bits per heavy atom. The fourth-order valence-electron chi connectivity index (χ4n) is 2.31. The highest BCUT2D eigenvalue weighted by molar-refractivity contribution is 7.86. The van der Waals surface area contributed by atoms with Crippen molar-refractivity contribution in [2.45, 2.75) is 26.7 Å². The molecular formula is C11H23N3O3S. The van der Waals surface area contributed by atoms with Gasteiger partial charge in [-0.2, -0.15) is 12.7 Å². The summed E-state index contributed by atoms with van der Waals surface area (Å²) in [6.07, 6.45) is 1.11. The lowest BCUT2D eigenvalue weighted by Crippen LogP contribution is -2.46. The summed E-state index contributed by atoms with van der Waals surface area (Å²) in [5.74, 6) is 0.466. The van der Waals surface area contributed by atoms with Crippen molar-refractivity contribution in [1.29, 1.82) is 0 Å². The lowest BCUT2D eigenvalue weighted by Gasteiger charge is -2.31. The summed E-state index contributed by atoms with van der Waals surface area (Å²) in [5.41, 5.74) is 0. The lowest BCUT2D eigenvalue weighted by molar-refractivity contribution is -0.135. The zero-order chi connectivity index (χ0) is 13.9. The van der Waals surface area contributed by atoms with E-state index in [-0.39, 0.29) is 11.8 Å². The molecule has 1 aliphatic rings. The summed E-state index contributed by atoms with van der Waals surface area (Å²) >= 11 is 0. The van der Waals surface area contributed by atoms with Gasteiger partial charge in [0.15, 0.2) is 0 Å². The first-order chi connectivity index (χ1) is 8.21. The Bertz CT molecular complexity index is 386. The van der Waals surface area contributed by atoms with Crippen molar-refractivity contribution < 1.29 is 13.2 Å². The van der Waals surface area contributed by atoms with Crippen LogP contribution in [-0.2, 0) is 15.0 Å². The Labute approximate surface area is 109 Å². The average Bonchev–Trinajstić information content (AvgIpc) is 2.26. The molecule has 0 unspecified atom stereocenters. The number of carbonyl (C=O) groups excluding carboxylic acids is 1. The molecule has 106 valence electrons. The average molecular weight is 277 g/mol. The fourth-order valence-corrected chi connectivity index (χ4v) is 3.03. The minimum atomic E-state index is -3.61. The van der Waals surface area contributed by atoms with Crippen molar-refractivity contribution in [3.8, 4) is 0 Å². The summed E-state index contributed by atoms with van der Waals surface area (Å²) in [6, 6.07) is 0. The minimum Gasteiger partial charge on any atom is -0.345 e. The molecule has 0 atom stereocenters. The second-order valence-corrected chi connectivity index (χ2v) is 6.88. The summed E-state index contributed by atoms with van der Waals surface area (Å²) in [4.78, 5) is 13.9. The third kappa shape index (κ3) is 4.22. The van der Waals surface area contributed by atoms with Gasteiger partial charge in [0.1, 0.15) is 0 Å². The summed E-state index contributed by atoms with van der Waals surface area (Å²) in [5, 5.41) is 5.06. The molecule has 1 fully saturated rings. The molecule has 2 N–H and O–H groups in total. The van der Waals surface area contributed by atoms with Crippen LogP contribution in [0.4, 0.5) is 0 Å². The molecule has 6 nitrogen and oxygen atoms in total. The number of hydrogen-bond donors (Lipinski definition) is 1. The van der Waals surface area contributed by atoms with Crippen LogP contribution in [0.25, 0.3) is 0 Å². The van der Waals surface area contributed by atoms with Crippen molar-refractivity contribution >= 4 is 16.1 Å².